The molecule has 0 spiro atoms. The lowest BCUT2D eigenvalue weighted by molar-refractivity contribution is 0.559. The van der Waals surface area contributed by atoms with Crippen molar-refractivity contribution in [2.24, 2.45) is 11.7 Å². The third-order valence-corrected chi connectivity index (χ3v) is 3.16. The largest absolute Gasteiger partial charge is 0.338 e. The molecule has 4 heteroatoms. The second-order valence-electron chi connectivity index (χ2n) is 5.90. The topological polar surface area (TPSA) is 55.0 Å². The quantitative estimate of drug-likeness (QED) is 0.822. The van der Waals surface area contributed by atoms with Crippen molar-refractivity contribution in [3.8, 4) is 0 Å². The second-order valence-corrected chi connectivity index (χ2v) is 5.90. The first-order valence-corrected chi connectivity index (χ1v) is 7.27. The van der Waals surface area contributed by atoms with Gasteiger partial charge < -0.3 is 10.6 Å². The van der Waals surface area contributed by atoms with Gasteiger partial charge in [-0.1, -0.05) is 20.8 Å². The second kappa shape index (κ2) is 7.43. The predicted molar refractivity (Wildman–Crippen MR) is 81.3 cm³/mol. The average Bonchev–Trinajstić information content (AvgIpc) is 2.36. The van der Waals surface area contributed by atoms with Crippen LogP contribution in [0.1, 0.15) is 46.6 Å². The minimum Gasteiger partial charge on any atom is -0.338 e. The molecule has 108 valence electrons. The predicted octanol–water partition coefficient (Wildman–Crippen LogP) is 2.63. The molecule has 0 amide bonds. The Bertz CT molecular complexity index is 359. The van der Waals surface area contributed by atoms with Gasteiger partial charge in [0.15, 0.2) is 0 Å². The molecule has 1 unspecified atom stereocenters. The van der Waals surface area contributed by atoms with Crippen LogP contribution in [0.2, 0.25) is 0 Å². The van der Waals surface area contributed by atoms with Gasteiger partial charge in [-0.3, -0.25) is 0 Å². The number of nitrogens with two attached hydrogens (primary N) is 1. The number of hydrogen-bond acceptors (Lipinski definition) is 4. The Kier molecular flexibility index (Phi) is 6.22. The van der Waals surface area contributed by atoms with E-state index in [4.69, 9.17) is 5.73 Å². The number of nitrogens with zero attached hydrogens (tertiary/aromatic N) is 3. The zero-order valence-electron chi connectivity index (χ0n) is 12.9. The fraction of sp³-hybridized carbons (Fsp3) is 0.733. The molecule has 4 nitrogen and oxygen atoms in total. The van der Waals surface area contributed by atoms with E-state index in [1.807, 2.05) is 12.4 Å². The van der Waals surface area contributed by atoms with Gasteiger partial charge in [-0.15, -0.1) is 0 Å². The maximum atomic E-state index is 5.95. The molecule has 0 saturated heterocycles. The van der Waals surface area contributed by atoms with E-state index in [1.165, 1.54) is 0 Å². The summed E-state index contributed by atoms with van der Waals surface area (Å²) in [5.41, 5.74) is 7.07. The standard InChI is InChI=1S/C15H28N4/c1-6-14(16)7-13-8-17-15(18-9-13)19(12(4)5)10-11(2)3/h8-9,11-12,14H,6-7,10,16H2,1-5H3. The normalized spacial score (nSPS) is 13.1. The summed E-state index contributed by atoms with van der Waals surface area (Å²) >= 11 is 0. The maximum Gasteiger partial charge on any atom is 0.225 e. The molecule has 0 aliphatic carbocycles. The van der Waals surface area contributed by atoms with Gasteiger partial charge in [0.1, 0.15) is 0 Å². The van der Waals surface area contributed by atoms with E-state index < -0.39 is 0 Å². The SMILES string of the molecule is CCC(N)Cc1cnc(N(CC(C)C)C(C)C)nc1. The summed E-state index contributed by atoms with van der Waals surface area (Å²) in [4.78, 5) is 11.2. The van der Waals surface area contributed by atoms with E-state index in [1.54, 1.807) is 0 Å². The van der Waals surface area contributed by atoms with Crippen LogP contribution in [-0.2, 0) is 6.42 Å². The fourth-order valence-corrected chi connectivity index (χ4v) is 1.97. The highest BCUT2D eigenvalue weighted by Crippen LogP contribution is 2.14. The van der Waals surface area contributed by atoms with Gasteiger partial charge in [0.25, 0.3) is 0 Å². The van der Waals surface area contributed by atoms with Crippen molar-refractivity contribution >= 4 is 5.95 Å². The van der Waals surface area contributed by atoms with Crippen LogP contribution in [0.15, 0.2) is 12.4 Å². The number of hydrogen-bond donors (Lipinski definition) is 1. The summed E-state index contributed by atoms with van der Waals surface area (Å²) in [6.45, 7) is 11.8. The Morgan fingerprint density at radius 2 is 1.74 bits per heavy atom. The number of anilines is 1. The molecule has 1 rings (SSSR count). The molecule has 1 atom stereocenters. The number of rotatable bonds is 7. The molecule has 1 aromatic heterocycles. The van der Waals surface area contributed by atoms with Crippen molar-refractivity contribution in [2.75, 3.05) is 11.4 Å². The Morgan fingerprint density at radius 3 is 2.16 bits per heavy atom. The summed E-state index contributed by atoms with van der Waals surface area (Å²) in [6, 6.07) is 0.609. The van der Waals surface area contributed by atoms with E-state index in [0.717, 1.165) is 30.9 Å². The monoisotopic (exact) mass is 264 g/mol. The summed E-state index contributed by atoms with van der Waals surface area (Å²) in [5, 5.41) is 0. The van der Waals surface area contributed by atoms with Crippen molar-refractivity contribution in [3.05, 3.63) is 18.0 Å². The molecule has 0 saturated carbocycles. The highest BCUT2D eigenvalue weighted by molar-refractivity contribution is 5.31. The zero-order valence-corrected chi connectivity index (χ0v) is 12.9. The first kappa shape index (κ1) is 15.9. The van der Waals surface area contributed by atoms with Crippen LogP contribution in [0.25, 0.3) is 0 Å². The molecular formula is C15H28N4. The summed E-state index contributed by atoms with van der Waals surface area (Å²) in [6.07, 6.45) is 5.65. The third kappa shape index (κ3) is 5.15. The van der Waals surface area contributed by atoms with Gasteiger partial charge in [0.05, 0.1) is 0 Å². The van der Waals surface area contributed by atoms with Crippen LogP contribution in [0, 0.1) is 5.92 Å². The van der Waals surface area contributed by atoms with Crippen LogP contribution < -0.4 is 10.6 Å². The van der Waals surface area contributed by atoms with Crippen LogP contribution in [0.4, 0.5) is 5.95 Å². The molecule has 0 radical (unpaired) electrons. The minimum atomic E-state index is 0.200. The van der Waals surface area contributed by atoms with Crippen molar-refractivity contribution in [1.82, 2.24) is 9.97 Å². The highest BCUT2D eigenvalue weighted by Gasteiger charge is 2.14. The molecule has 0 fully saturated rings. The lowest BCUT2D eigenvalue weighted by Gasteiger charge is -2.28. The van der Waals surface area contributed by atoms with E-state index >= 15 is 0 Å². The molecule has 0 aromatic carbocycles. The third-order valence-electron chi connectivity index (χ3n) is 3.16. The Morgan fingerprint density at radius 1 is 1.16 bits per heavy atom. The summed E-state index contributed by atoms with van der Waals surface area (Å²) in [7, 11) is 0. The fourth-order valence-electron chi connectivity index (χ4n) is 1.97. The van der Waals surface area contributed by atoms with E-state index in [0.29, 0.717) is 12.0 Å². The molecule has 2 N–H and O–H groups in total. The van der Waals surface area contributed by atoms with Crippen LogP contribution >= 0.6 is 0 Å². The highest BCUT2D eigenvalue weighted by atomic mass is 15.3. The van der Waals surface area contributed by atoms with Crippen LogP contribution in [-0.4, -0.2) is 28.6 Å². The lowest BCUT2D eigenvalue weighted by atomic mass is 10.1. The Balaban J connectivity index is 2.77. The molecule has 19 heavy (non-hydrogen) atoms. The van der Waals surface area contributed by atoms with Gasteiger partial charge in [-0.05, 0) is 38.2 Å². The van der Waals surface area contributed by atoms with Gasteiger partial charge in [0.2, 0.25) is 5.95 Å². The van der Waals surface area contributed by atoms with Crippen molar-refractivity contribution in [1.29, 1.82) is 0 Å². The van der Waals surface area contributed by atoms with Gasteiger partial charge >= 0.3 is 0 Å². The minimum absolute atomic E-state index is 0.200. The number of aromatic nitrogens is 2. The Hall–Kier alpha value is -1.16. The van der Waals surface area contributed by atoms with Crippen molar-refractivity contribution in [2.45, 2.75) is 59.5 Å². The molecule has 1 heterocycles. The molecule has 0 aliphatic heterocycles. The summed E-state index contributed by atoms with van der Waals surface area (Å²) < 4.78 is 0. The van der Waals surface area contributed by atoms with Crippen LogP contribution in [0.5, 0.6) is 0 Å². The maximum absolute atomic E-state index is 5.95. The van der Waals surface area contributed by atoms with Gasteiger partial charge in [-0.2, -0.15) is 0 Å². The molecule has 0 aliphatic rings. The van der Waals surface area contributed by atoms with E-state index in [2.05, 4.69) is 49.5 Å². The first-order chi connectivity index (χ1) is 8.93. The molecular weight excluding hydrogens is 236 g/mol. The Labute approximate surface area is 117 Å². The van der Waals surface area contributed by atoms with E-state index in [-0.39, 0.29) is 6.04 Å². The van der Waals surface area contributed by atoms with Gasteiger partial charge in [-0.25, -0.2) is 9.97 Å². The van der Waals surface area contributed by atoms with E-state index in [9.17, 15) is 0 Å². The lowest BCUT2D eigenvalue weighted by Crippen LogP contribution is -2.35. The summed E-state index contributed by atoms with van der Waals surface area (Å²) in [5.74, 6) is 1.41. The van der Waals surface area contributed by atoms with Crippen molar-refractivity contribution < 1.29 is 0 Å². The smallest absolute Gasteiger partial charge is 0.225 e. The zero-order chi connectivity index (χ0) is 14.4. The van der Waals surface area contributed by atoms with Crippen LogP contribution in [0.3, 0.4) is 0 Å². The average molecular weight is 264 g/mol. The molecule has 1 aromatic rings. The molecule has 0 bridgehead atoms. The first-order valence-electron chi connectivity index (χ1n) is 7.27. The van der Waals surface area contributed by atoms with Crippen molar-refractivity contribution in [3.63, 3.8) is 0 Å². The van der Waals surface area contributed by atoms with Gasteiger partial charge in [0, 0.05) is 31.0 Å².